The van der Waals surface area contributed by atoms with Gasteiger partial charge >= 0.3 is 5.97 Å². The minimum atomic E-state index is -1.23. The molecule has 2 unspecified atom stereocenters. The maximum Gasteiger partial charge on any atom is 0.319 e. The molecule has 1 saturated carbocycles. The summed E-state index contributed by atoms with van der Waals surface area (Å²) in [4.78, 5) is 30.5. The Hall–Kier alpha value is -1.98. The Morgan fingerprint density at radius 2 is 2.12 bits per heavy atom. The van der Waals surface area contributed by atoms with Gasteiger partial charge < -0.3 is 10.4 Å². The topological polar surface area (TPSA) is 92.2 Å². The Bertz CT molecular complexity index is 449. The molecule has 2 rings (SSSR count). The van der Waals surface area contributed by atoms with Crippen molar-refractivity contribution in [3.63, 3.8) is 0 Å². The van der Waals surface area contributed by atoms with Crippen LogP contribution in [0.2, 0.25) is 0 Å². The molecular formula is C11H13N3O3. The van der Waals surface area contributed by atoms with Gasteiger partial charge in [-0.2, -0.15) is 0 Å². The third-order valence-corrected chi connectivity index (χ3v) is 3.16. The third-order valence-electron chi connectivity index (χ3n) is 3.16. The number of carbonyl (C=O) groups is 2. The van der Waals surface area contributed by atoms with Crippen molar-refractivity contribution in [2.45, 2.75) is 19.9 Å². The van der Waals surface area contributed by atoms with Gasteiger partial charge in [0.05, 0.1) is 0 Å². The van der Waals surface area contributed by atoms with Crippen LogP contribution in [0.25, 0.3) is 0 Å². The van der Waals surface area contributed by atoms with E-state index in [-0.39, 0.29) is 12.5 Å². The molecular weight excluding hydrogens is 222 g/mol. The van der Waals surface area contributed by atoms with Crippen LogP contribution in [0.5, 0.6) is 0 Å². The zero-order valence-corrected chi connectivity index (χ0v) is 9.38. The molecule has 6 nitrogen and oxygen atoms in total. The second-order valence-electron chi connectivity index (χ2n) is 4.31. The Morgan fingerprint density at radius 1 is 1.53 bits per heavy atom. The zero-order valence-electron chi connectivity index (χ0n) is 9.38. The van der Waals surface area contributed by atoms with Crippen LogP contribution >= 0.6 is 0 Å². The number of hydrogen-bond acceptors (Lipinski definition) is 4. The zero-order chi connectivity index (χ0) is 12.5. The van der Waals surface area contributed by atoms with Crippen molar-refractivity contribution >= 4 is 11.9 Å². The van der Waals surface area contributed by atoms with E-state index in [9.17, 15) is 9.59 Å². The molecule has 1 amide bonds. The lowest BCUT2D eigenvalue weighted by molar-refractivity contribution is -0.149. The van der Waals surface area contributed by atoms with Gasteiger partial charge in [-0.1, -0.05) is 6.92 Å². The Morgan fingerprint density at radius 3 is 2.59 bits per heavy atom. The van der Waals surface area contributed by atoms with Crippen LogP contribution < -0.4 is 5.32 Å². The summed E-state index contributed by atoms with van der Waals surface area (Å²) in [6, 6.07) is 0. The van der Waals surface area contributed by atoms with Crippen molar-refractivity contribution in [3.8, 4) is 0 Å². The van der Waals surface area contributed by atoms with Crippen molar-refractivity contribution in [2.24, 2.45) is 11.3 Å². The number of hydrogen-bond donors (Lipinski definition) is 2. The molecule has 1 aliphatic rings. The van der Waals surface area contributed by atoms with Crippen molar-refractivity contribution in [3.05, 3.63) is 24.3 Å². The van der Waals surface area contributed by atoms with E-state index in [1.807, 2.05) is 0 Å². The molecule has 1 fully saturated rings. The first-order chi connectivity index (χ1) is 8.07. The van der Waals surface area contributed by atoms with Gasteiger partial charge in [-0.15, -0.1) is 0 Å². The first kappa shape index (κ1) is 11.5. The monoisotopic (exact) mass is 235 g/mol. The molecule has 0 spiro atoms. The van der Waals surface area contributed by atoms with E-state index in [0.29, 0.717) is 6.42 Å². The highest BCUT2D eigenvalue weighted by Gasteiger charge is 2.63. The minimum Gasteiger partial charge on any atom is -0.480 e. The number of aliphatic carboxylic acids is 1. The quantitative estimate of drug-likeness (QED) is 0.727. The second kappa shape index (κ2) is 4.12. The summed E-state index contributed by atoms with van der Waals surface area (Å²) in [5.74, 6) is -1.58. The lowest BCUT2D eigenvalue weighted by Gasteiger charge is -2.11. The van der Waals surface area contributed by atoms with Crippen LogP contribution in [0.1, 0.15) is 18.9 Å². The minimum absolute atomic E-state index is 0.105. The molecule has 1 heterocycles. The highest BCUT2D eigenvalue weighted by Crippen LogP contribution is 2.52. The summed E-state index contributed by atoms with van der Waals surface area (Å²) in [5, 5.41) is 11.7. The van der Waals surface area contributed by atoms with Gasteiger partial charge in [-0.25, -0.2) is 9.97 Å². The van der Waals surface area contributed by atoms with E-state index < -0.39 is 17.3 Å². The number of aromatic nitrogens is 2. The molecule has 1 aliphatic carbocycles. The summed E-state index contributed by atoms with van der Waals surface area (Å²) in [6.45, 7) is 2.01. The lowest BCUT2D eigenvalue weighted by Crippen LogP contribution is -2.37. The SMILES string of the molecule is CC1CC1(C(=O)O)C(=O)NCc1cncnc1. The molecule has 0 bridgehead atoms. The first-order valence-corrected chi connectivity index (χ1v) is 5.33. The Labute approximate surface area is 98.1 Å². The predicted molar refractivity (Wildman–Crippen MR) is 57.7 cm³/mol. The number of nitrogens with one attached hydrogen (secondary N) is 1. The summed E-state index contributed by atoms with van der Waals surface area (Å²) in [6.07, 6.45) is 4.96. The van der Waals surface area contributed by atoms with Crippen LogP contribution in [-0.4, -0.2) is 27.0 Å². The normalized spacial score (nSPS) is 26.3. The van der Waals surface area contributed by atoms with Gasteiger partial charge in [0.1, 0.15) is 11.7 Å². The van der Waals surface area contributed by atoms with Gasteiger partial charge in [0, 0.05) is 24.5 Å². The van der Waals surface area contributed by atoms with Crippen LogP contribution in [0.3, 0.4) is 0 Å². The van der Waals surface area contributed by atoms with Gasteiger partial charge in [-0.05, 0) is 12.3 Å². The number of carboxylic acids is 1. The van der Waals surface area contributed by atoms with E-state index in [0.717, 1.165) is 5.56 Å². The van der Waals surface area contributed by atoms with Crippen molar-refractivity contribution in [1.29, 1.82) is 0 Å². The van der Waals surface area contributed by atoms with E-state index in [2.05, 4.69) is 15.3 Å². The first-order valence-electron chi connectivity index (χ1n) is 5.33. The lowest BCUT2D eigenvalue weighted by atomic mass is 10.0. The highest BCUT2D eigenvalue weighted by molar-refractivity contribution is 6.05. The van der Waals surface area contributed by atoms with Crippen molar-refractivity contribution in [1.82, 2.24) is 15.3 Å². The highest BCUT2D eigenvalue weighted by atomic mass is 16.4. The van der Waals surface area contributed by atoms with Crippen molar-refractivity contribution < 1.29 is 14.7 Å². The smallest absolute Gasteiger partial charge is 0.319 e. The maximum absolute atomic E-state index is 11.8. The molecule has 17 heavy (non-hydrogen) atoms. The molecule has 0 saturated heterocycles. The Balaban J connectivity index is 1.97. The van der Waals surface area contributed by atoms with Crippen LogP contribution in [0, 0.1) is 11.3 Å². The molecule has 6 heteroatoms. The van der Waals surface area contributed by atoms with Gasteiger partial charge in [-0.3, -0.25) is 9.59 Å². The largest absolute Gasteiger partial charge is 0.480 e. The second-order valence-corrected chi connectivity index (χ2v) is 4.31. The van der Waals surface area contributed by atoms with E-state index in [4.69, 9.17) is 5.11 Å². The molecule has 1 aromatic rings. The fraction of sp³-hybridized carbons (Fsp3) is 0.455. The van der Waals surface area contributed by atoms with Crippen LogP contribution in [0.15, 0.2) is 18.7 Å². The van der Waals surface area contributed by atoms with Gasteiger partial charge in [0.15, 0.2) is 0 Å². The molecule has 2 atom stereocenters. The molecule has 0 aromatic carbocycles. The van der Waals surface area contributed by atoms with E-state index in [1.165, 1.54) is 6.33 Å². The Kier molecular flexibility index (Phi) is 2.79. The number of carboxylic acid groups (broad SMARTS) is 1. The number of nitrogens with zero attached hydrogens (tertiary/aromatic N) is 2. The summed E-state index contributed by atoms with van der Waals surface area (Å²) >= 11 is 0. The van der Waals surface area contributed by atoms with Crippen LogP contribution in [0.4, 0.5) is 0 Å². The number of carbonyl (C=O) groups excluding carboxylic acids is 1. The van der Waals surface area contributed by atoms with E-state index in [1.54, 1.807) is 19.3 Å². The molecule has 90 valence electrons. The molecule has 0 radical (unpaired) electrons. The van der Waals surface area contributed by atoms with Gasteiger partial charge in [0.2, 0.25) is 5.91 Å². The fourth-order valence-electron chi connectivity index (χ4n) is 1.90. The average molecular weight is 235 g/mol. The standard InChI is InChI=1S/C11H13N3O3/c1-7-2-11(7,10(16)17)9(15)14-5-8-3-12-6-13-4-8/h3-4,6-7H,2,5H2,1H3,(H,14,15)(H,16,17). The number of rotatable bonds is 4. The number of amides is 1. The summed E-state index contributed by atoms with van der Waals surface area (Å²) in [5.41, 5.74) is -0.481. The average Bonchev–Trinajstić information content (AvgIpc) is 3.01. The predicted octanol–water partition coefficient (Wildman–Crippen LogP) is 0.204. The molecule has 0 aliphatic heterocycles. The van der Waals surface area contributed by atoms with Crippen molar-refractivity contribution in [2.75, 3.05) is 0 Å². The van der Waals surface area contributed by atoms with E-state index >= 15 is 0 Å². The summed E-state index contributed by atoms with van der Waals surface area (Å²) in [7, 11) is 0. The van der Waals surface area contributed by atoms with Gasteiger partial charge in [0.25, 0.3) is 0 Å². The maximum atomic E-state index is 11.8. The van der Waals surface area contributed by atoms with Crippen LogP contribution in [-0.2, 0) is 16.1 Å². The molecule has 1 aromatic heterocycles. The molecule has 2 N–H and O–H groups in total. The summed E-state index contributed by atoms with van der Waals surface area (Å²) < 4.78 is 0. The fourth-order valence-corrected chi connectivity index (χ4v) is 1.90. The third kappa shape index (κ3) is 1.98.